The molecule has 0 amide bonds. The molecule has 0 aromatic heterocycles. The first-order valence-corrected chi connectivity index (χ1v) is 6.87. The molecule has 1 rings (SSSR count). The second-order valence-electron chi connectivity index (χ2n) is 4.54. The molecule has 0 fully saturated rings. The number of ether oxygens (including phenoxy) is 1. The van der Waals surface area contributed by atoms with Gasteiger partial charge in [0.25, 0.3) is 0 Å². The normalized spacial score (nSPS) is 11.1. The van der Waals surface area contributed by atoms with Crippen LogP contribution in [0.4, 0.5) is 4.39 Å². The fourth-order valence-corrected chi connectivity index (χ4v) is 1.76. The highest BCUT2D eigenvalue weighted by molar-refractivity contribution is 5.80. The molecule has 1 N–H and O–H groups in total. The number of rotatable bonds is 6. The third kappa shape index (κ3) is 6.25. The summed E-state index contributed by atoms with van der Waals surface area (Å²) in [6.07, 6.45) is 0.246. The van der Waals surface area contributed by atoms with E-state index in [1.165, 1.54) is 19.2 Å². The molecule has 0 heterocycles. The molecule has 1 aromatic carbocycles. The summed E-state index contributed by atoms with van der Waals surface area (Å²) in [5, 5.41) is 3.16. The van der Waals surface area contributed by atoms with Gasteiger partial charge in [0.2, 0.25) is 0 Å². The molecule has 0 spiro atoms. The molecule has 0 aliphatic heterocycles. The van der Waals surface area contributed by atoms with E-state index in [1.54, 1.807) is 12.1 Å². The minimum atomic E-state index is -0.282. The van der Waals surface area contributed by atoms with Crippen LogP contribution in [0.2, 0.25) is 0 Å². The standard InChI is InChI=1S/C15H22FN3O2/c1-4-17-15(18-10-9-14(20)21-3)19(2)11-12-5-7-13(16)8-6-12/h5-8H,4,9-11H2,1-3H3,(H,17,18). The Bertz CT molecular complexity index is 474. The lowest BCUT2D eigenvalue weighted by molar-refractivity contribution is -0.140. The highest BCUT2D eigenvalue weighted by atomic mass is 19.1. The molecular formula is C15H22FN3O2. The van der Waals surface area contributed by atoms with E-state index in [2.05, 4.69) is 15.0 Å². The number of nitrogens with zero attached hydrogens (tertiary/aromatic N) is 2. The SMILES string of the molecule is CCNC(=NCCC(=O)OC)N(C)Cc1ccc(F)cc1. The van der Waals surface area contributed by atoms with Crippen molar-refractivity contribution in [2.75, 3.05) is 27.2 Å². The van der Waals surface area contributed by atoms with Gasteiger partial charge in [-0.2, -0.15) is 0 Å². The summed E-state index contributed by atoms with van der Waals surface area (Å²) < 4.78 is 17.5. The van der Waals surface area contributed by atoms with Crippen LogP contribution in [0.15, 0.2) is 29.3 Å². The topological polar surface area (TPSA) is 53.9 Å². The van der Waals surface area contributed by atoms with Crippen molar-refractivity contribution in [1.29, 1.82) is 0 Å². The zero-order valence-electron chi connectivity index (χ0n) is 12.7. The number of benzene rings is 1. The number of aliphatic imine (C=N–C) groups is 1. The number of hydrogen-bond acceptors (Lipinski definition) is 3. The third-order valence-corrected chi connectivity index (χ3v) is 2.83. The lowest BCUT2D eigenvalue weighted by Gasteiger charge is -2.22. The van der Waals surface area contributed by atoms with E-state index < -0.39 is 0 Å². The van der Waals surface area contributed by atoms with Gasteiger partial charge in [-0.3, -0.25) is 9.79 Å². The number of hydrogen-bond donors (Lipinski definition) is 1. The Hall–Kier alpha value is -2.11. The highest BCUT2D eigenvalue weighted by Crippen LogP contribution is 2.05. The van der Waals surface area contributed by atoms with Crippen molar-refractivity contribution in [3.63, 3.8) is 0 Å². The van der Waals surface area contributed by atoms with Crippen LogP contribution in [0.3, 0.4) is 0 Å². The molecule has 0 aliphatic rings. The summed E-state index contributed by atoms with van der Waals surface area (Å²) in [5.74, 6) is 0.168. The largest absolute Gasteiger partial charge is 0.469 e. The highest BCUT2D eigenvalue weighted by Gasteiger charge is 2.07. The molecule has 116 valence electrons. The number of carbonyl (C=O) groups is 1. The Balaban J connectivity index is 2.63. The molecule has 0 bridgehead atoms. The van der Waals surface area contributed by atoms with Crippen molar-refractivity contribution >= 4 is 11.9 Å². The Morgan fingerprint density at radius 2 is 2.05 bits per heavy atom. The van der Waals surface area contributed by atoms with E-state index in [-0.39, 0.29) is 18.2 Å². The molecule has 5 nitrogen and oxygen atoms in total. The molecule has 0 atom stereocenters. The van der Waals surface area contributed by atoms with Gasteiger partial charge in [-0.05, 0) is 24.6 Å². The minimum Gasteiger partial charge on any atom is -0.469 e. The van der Waals surface area contributed by atoms with Gasteiger partial charge in [0.1, 0.15) is 5.82 Å². The van der Waals surface area contributed by atoms with Crippen molar-refractivity contribution in [2.24, 2.45) is 4.99 Å². The first-order chi connectivity index (χ1) is 10.1. The maximum Gasteiger partial charge on any atom is 0.307 e. The van der Waals surface area contributed by atoms with E-state index in [9.17, 15) is 9.18 Å². The summed E-state index contributed by atoms with van der Waals surface area (Å²) in [5.41, 5.74) is 0.984. The van der Waals surface area contributed by atoms with E-state index in [0.29, 0.717) is 19.0 Å². The fraction of sp³-hybridized carbons (Fsp3) is 0.467. The summed E-state index contributed by atoms with van der Waals surface area (Å²) >= 11 is 0. The van der Waals surface area contributed by atoms with Crippen molar-refractivity contribution < 1.29 is 13.9 Å². The van der Waals surface area contributed by atoms with Gasteiger partial charge in [0.15, 0.2) is 5.96 Å². The number of nitrogens with one attached hydrogen (secondary N) is 1. The molecule has 0 aliphatic carbocycles. The lowest BCUT2D eigenvalue weighted by atomic mass is 10.2. The molecule has 21 heavy (non-hydrogen) atoms. The van der Waals surface area contributed by atoms with Crippen LogP contribution in [-0.4, -0.2) is 44.1 Å². The number of halogens is 1. The van der Waals surface area contributed by atoms with Gasteiger partial charge in [-0.25, -0.2) is 4.39 Å². The average Bonchev–Trinajstić information content (AvgIpc) is 2.48. The zero-order valence-corrected chi connectivity index (χ0v) is 12.7. The van der Waals surface area contributed by atoms with Crippen molar-refractivity contribution in [1.82, 2.24) is 10.2 Å². The number of methoxy groups -OCH3 is 1. The summed E-state index contributed by atoms with van der Waals surface area (Å²) in [6.45, 7) is 3.67. The van der Waals surface area contributed by atoms with Gasteiger partial charge in [0.05, 0.1) is 20.1 Å². The van der Waals surface area contributed by atoms with Gasteiger partial charge in [0, 0.05) is 20.1 Å². The van der Waals surface area contributed by atoms with Gasteiger partial charge in [-0.1, -0.05) is 12.1 Å². The first kappa shape index (κ1) is 16.9. The van der Waals surface area contributed by atoms with Crippen LogP contribution < -0.4 is 5.32 Å². The molecule has 1 aromatic rings. The summed E-state index contributed by atoms with van der Waals surface area (Å²) in [4.78, 5) is 17.4. The second kappa shape index (κ2) is 8.94. The molecule has 6 heteroatoms. The van der Waals surface area contributed by atoms with Crippen LogP contribution in [0, 0.1) is 5.82 Å². The maximum absolute atomic E-state index is 12.9. The van der Waals surface area contributed by atoms with Gasteiger partial charge >= 0.3 is 5.97 Å². The Morgan fingerprint density at radius 3 is 2.62 bits per heavy atom. The second-order valence-corrected chi connectivity index (χ2v) is 4.54. The first-order valence-electron chi connectivity index (χ1n) is 6.87. The quantitative estimate of drug-likeness (QED) is 0.494. The fourth-order valence-electron chi connectivity index (χ4n) is 1.76. The average molecular weight is 295 g/mol. The summed E-state index contributed by atoms with van der Waals surface area (Å²) in [7, 11) is 3.25. The predicted molar refractivity (Wildman–Crippen MR) is 80.5 cm³/mol. The van der Waals surface area contributed by atoms with E-state index in [4.69, 9.17) is 0 Å². The zero-order chi connectivity index (χ0) is 15.7. The number of esters is 1. The van der Waals surface area contributed by atoms with E-state index >= 15 is 0 Å². The molecule has 0 saturated carbocycles. The molecule has 0 saturated heterocycles. The number of guanidine groups is 1. The molecular weight excluding hydrogens is 273 g/mol. The number of carbonyl (C=O) groups excluding carboxylic acids is 1. The lowest BCUT2D eigenvalue weighted by Crippen LogP contribution is -2.38. The van der Waals surface area contributed by atoms with E-state index in [0.717, 1.165) is 12.1 Å². The molecule has 0 unspecified atom stereocenters. The smallest absolute Gasteiger partial charge is 0.307 e. The Morgan fingerprint density at radius 1 is 1.38 bits per heavy atom. The molecule has 0 radical (unpaired) electrons. The minimum absolute atomic E-state index is 0.246. The van der Waals surface area contributed by atoms with Crippen molar-refractivity contribution in [3.8, 4) is 0 Å². The third-order valence-electron chi connectivity index (χ3n) is 2.83. The Labute approximate surface area is 124 Å². The van der Waals surface area contributed by atoms with Crippen molar-refractivity contribution in [2.45, 2.75) is 19.9 Å². The van der Waals surface area contributed by atoms with Crippen molar-refractivity contribution in [3.05, 3.63) is 35.6 Å². The Kier molecular flexibility index (Phi) is 7.21. The van der Waals surface area contributed by atoms with Crippen LogP contribution in [0.1, 0.15) is 18.9 Å². The van der Waals surface area contributed by atoms with Gasteiger partial charge < -0.3 is 15.0 Å². The van der Waals surface area contributed by atoms with E-state index in [1.807, 2.05) is 18.9 Å². The monoisotopic (exact) mass is 295 g/mol. The maximum atomic E-state index is 12.9. The van der Waals surface area contributed by atoms with Crippen LogP contribution in [0.5, 0.6) is 0 Å². The summed E-state index contributed by atoms with van der Waals surface area (Å²) in [6, 6.07) is 6.35. The van der Waals surface area contributed by atoms with Gasteiger partial charge in [-0.15, -0.1) is 0 Å². The van der Waals surface area contributed by atoms with Crippen LogP contribution in [-0.2, 0) is 16.1 Å². The van der Waals surface area contributed by atoms with Crippen LogP contribution in [0.25, 0.3) is 0 Å². The van der Waals surface area contributed by atoms with Crippen LogP contribution >= 0.6 is 0 Å². The predicted octanol–water partition coefficient (Wildman–Crippen LogP) is 1.79.